The van der Waals surface area contributed by atoms with E-state index in [-0.39, 0.29) is 28.5 Å². The Labute approximate surface area is 163 Å². The van der Waals surface area contributed by atoms with Gasteiger partial charge in [0.15, 0.2) is 0 Å². The zero-order valence-corrected chi connectivity index (χ0v) is 16.4. The van der Waals surface area contributed by atoms with E-state index in [0.717, 1.165) is 23.9 Å². The van der Waals surface area contributed by atoms with E-state index in [0.29, 0.717) is 11.8 Å². The van der Waals surface area contributed by atoms with Crippen LogP contribution in [0, 0.1) is 17.8 Å². The highest BCUT2D eigenvalue weighted by Crippen LogP contribution is 2.35. The van der Waals surface area contributed by atoms with Gasteiger partial charge in [0.1, 0.15) is 18.3 Å². The lowest BCUT2D eigenvalue weighted by Gasteiger charge is -2.36. The van der Waals surface area contributed by atoms with Crippen molar-refractivity contribution >= 4 is 22.7 Å². The summed E-state index contributed by atoms with van der Waals surface area (Å²) in [6.45, 7) is 5.94. The number of hydrogen-bond acceptors (Lipinski definition) is 6. The maximum absolute atomic E-state index is 12.6. The molecule has 0 N–H and O–H groups in total. The van der Waals surface area contributed by atoms with Crippen molar-refractivity contribution in [3.8, 4) is 0 Å². The molecule has 28 heavy (non-hydrogen) atoms. The van der Waals surface area contributed by atoms with E-state index >= 15 is 0 Å². The first-order chi connectivity index (χ1) is 13.3. The van der Waals surface area contributed by atoms with Crippen molar-refractivity contribution in [1.29, 1.82) is 0 Å². The number of rotatable bonds is 5. The summed E-state index contributed by atoms with van der Waals surface area (Å²) in [5.74, 6) is -0.950. The van der Waals surface area contributed by atoms with Gasteiger partial charge in [0.05, 0.1) is 11.4 Å². The quantitative estimate of drug-likeness (QED) is 0.727. The Kier molecular flexibility index (Phi) is 5.82. The zero-order valence-electron chi connectivity index (χ0n) is 16.4. The number of aromatic nitrogens is 2. The monoisotopic (exact) mass is 385 g/mol. The van der Waals surface area contributed by atoms with Gasteiger partial charge in [0, 0.05) is 5.39 Å². The topological polar surface area (TPSA) is 101 Å². The Morgan fingerprint density at radius 3 is 2.57 bits per heavy atom. The molecule has 0 amide bonds. The second-order valence-electron chi connectivity index (χ2n) is 8.00. The molecule has 1 fully saturated rings. The number of carboxylic acid groups (broad SMARTS) is 1. The predicted octanol–water partition coefficient (Wildman–Crippen LogP) is 1.76. The van der Waals surface area contributed by atoms with Crippen LogP contribution in [0.25, 0.3) is 10.8 Å². The highest BCUT2D eigenvalue weighted by atomic mass is 16.5. The summed E-state index contributed by atoms with van der Waals surface area (Å²) in [7, 11) is 0. The molecule has 1 aliphatic carbocycles. The highest BCUT2D eigenvalue weighted by Gasteiger charge is 2.33. The summed E-state index contributed by atoms with van der Waals surface area (Å²) in [6.07, 6.45) is 2.70. The van der Waals surface area contributed by atoms with Crippen molar-refractivity contribution in [2.24, 2.45) is 17.8 Å². The minimum absolute atomic E-state index is 0.177. The van der Waals surface area contributed by atoms with Crippen molar-refractivity contribution in [2.45, 2.75) is 52.7 Å². The highest BCUT2D eigenvalue weighted by molar-refractivity contribution is 6.00. The van der Waals surface area contributed by atoms with E-state index in [4.69, 9.17) is 4.74 Å². The molecule has 3 rings (SSSR count). The molecule has 0 spiro atoms. The fourth-order valence-corrected chi connectivity index (χ4v) is 4.07. The number of carbonyl (C=O) groups is 2. The molecular formula is C21H25N2O5-. The van der Waals surface area contributed by atoms with Crippen LogP contribution in [0.5, 0.6) is 0 Å². The van der Waals surface area contributed by atoms with Crippen LogP contribution in [-0.2, 0) is 16.1 Å². The second-order valence-corrected chi connectivity index (χ2v) is 8.00. The van der Waals surface area contributed by atoms with Crippen molar-refractivity contribution < 1.29 is 19.4 Å². The number of nitrogens with zero attached hydrogens (tertiary/aromatic N) is 2. The van der Waals surface area contributed by atoms with E-state index in [1.807, 2.05) is 0 Å². The molecule has 7 nitrogen and oxygen atoms in total. The number of fused-ring (bicyclic) bond motifs is 1. The molecular weight excluding hydrogens is 360 g/mol. The molecule has 0 unspecified atom stereocenters. The van der Waals surface area contributed by atoms with E-state index in [9.17, 15) is 19.5 Å². The van der Waals surface area contributed by atoms with Gasteiger partial charge in [-0.05, 0) is 36.7 Å². The fraction of sp³-hybridized carbons (Fsp3) is 0.524. The van der Waals surface area contributed by atoms with E-state index in [1.165, 1.54) is 12.1 Å². The van der Waals surface area contributed by atoms with Crippen LogP contribution < -0.4 is 10.7 Å². The normalized spacial score (nSPS) is 22.4. The van der Waals surface area contributed by atoms with E-state index < -0.39 is 24.0 Å². The lowest BCUT2D eigenvalue weighted by molar-refractivity contribution is -0.255. The van der Waals surface area contributed by atoms with Gasteiger partial charge in [0.25, 0.3) is 5.56 Å². The van der Waals surface area contributed by atoms with Crippen LogP contribution in [0.1, 0.15) is 50.5 Å². The molecule has 1 aliphatic rings. The minimum Gasteiger partial charge on any atom is -0.543 e. The summed E-state index contributed by atoms with van der Waals surface area (Å²) in [4.78, 5) is 36.6. The van der Waals surface area contributed by atoms with E-state index in [2.05, 4.69) is 25.9 Å². The molecule has 1 heterocycles. The maximum atomic E-state index is 12.6. The lowest BCUT2D eigenvalue weighted by Crippen LogP contribution is -2.38. The van der Waals surface area contributed by atoms with Gasteiger partial charge in [0.2, 0.25) is 0 Å². The van der Waals surface area contributed by atoms with Crippen LogP contribution in [0.2, 0.25) is 0 Å². The Morgan fingerprint density at radius 2 is 1.93 bits per heavy atom. The molecule has 1 aromatic heterocycles. The molecule has 1 saturated carbocycles. The van der Waals surface area contributed by atoms with Crippen LogP contribution in [0.3, 0.4) is 0 Å². The first-order valence-corrected chi connectivity index (χ1v) is 9.68. The minimum atomic E-state index is -1.50. The fourth-order valence-electron chi connectivity index (χ4n) is 4.07. The van der Waals surface area contributed by atoms with Crippen LogP contribution in [0.4, 0.5) is 0 Å². The summed E-state index contributed by atoms with van der Waals surface area (Å²) in [5.41, 5.74) is -0.899. The zero-order chi connectivity index (χ0) is 20.4. The first-order valence-electron chi connectivity index (χ1n) is 9.68. The third-order valence-electron chi connectivity index (χ3n) is 5.58. The molecule has 1 aromatic carbocycles. The number of carbonyl (C=O) groups excluding carboxylic acids is 2. The van der Waals surface area contributed by atoms with Gasteiger partial charge < -0.3 is 14.6 Å². The third kappa shape index (κ3) is 4.08. The number of ether oxygens (including phenoxy) is 1. The lowest BCUT2D eigenvalue weighted by atomic mass is 9.75. The van der Waals surface area contributed by atoms with Gasteiger partial charge in [-0.3, -0.25) is 9.59 Å². The maximum Gasteiger partial charge on any atom is 0.328 e. The van der Waals surface area contributed by atoms with Gasteiger partial charge in [-0.25, -0.2) is 4.68 Å². The van der Waals surface area contributed by atoms with Gasteiger partial charge in [-0.15, -0.1) is 0 Å². The van der Waals surface area contributed by atoms with Crippen LogP contribution in [0.15, 0.2) is 29.1 Å². The average Bonchev–Trinajstić information content (AvgIpc) is 2.63. The first kappa shape index (κ1) is 20.0. The Balaban J connectivity index is 1.86. The molecule has 0 bridgehead atoms. The van der Waals surface area contributed by atoms with Crippen molar-refractivity contribution in [3.05, 3.63) is 40.3 Å². The van der Waals surface area contributed by atoms with Crippen LogP contribution in [-0.4, -0.2) is 27.8 Å². The Bertz CT molecular complexity index is 949. The van der Waals surface area contributed by atoms with Crippen molar-refractivity contribution in [2.75, 3.05) is 0 Å². The summed E-state index contributed by atoms with van der Waals surface area (Å²) in [6, 6.07) is 6.24. The number of hydrogen-bond donors (Lipinski definition) is 0. The van der Waals surface area contributed by atoms with E-state index in [1.54, 1.807) is 12.1 Å². The van der Waals surface area contributed by atoms with Gasteiger partial charge in [-0.1, -0.05) is 45.4 Å². The SMILES string of the molecule is CC(C)[C@@H]1CC[C@H](C)C[C@H]1OC(=O)Cn1nc(C(=O)[O-])c2ccccc2c1=O. The summed E-state index contributed by atoms with van der Waals surface area (Å²) < 4.78 is 6.56. The third-order valence-corrected chi connectivity index (χ3v) is 5.58. The number of benzene rings is 1. The van der Waals surface area contributed by atoms with Crippen LogP contribution >= 0.6 is 0 Å². The molecule has 0 aliphatic heterocycles. The largest absolute Gasteiger partial charge is 0.543 e. The van der Waals surface area contributed by atoms with Crippen molar-refractivity contribution in [3.63, 3.8) is 0 Å². The number of carboxylic acids is 1. The average molecular weight is 385 g/mol. The smallest absolute Gasteiger partial charge is 0.328 e. The molecule has 7 heteroatoms. The molecule has 3 atom stereocenters. The number of aromatic carboxylic acids is 1. The second kappa shape index (κ2) is 8.12. The standard InChI is InChI=1S/C21H26N2O5/c1-12(2)14-9-8-13(3)10-17(14)28-18(24)11-23-20(25)16-7-5-4-6-15(16)19(22-23)21(26)27/h4-7,12-14,17H,8-11H2,1-3H3,(H,26,27)/p-1/t13-,14-,17+/m0/s1. The molecule has 0 radical (unpaired) electrons. The Morgan fingerprint density at radius 1 is 1.25 bits per heavy atom. The van der Waals surface area contributed by atoms with Crippen molar-refractivity contribution in [1.82, 2.24) is 9.78 Å². The summed E-state index contributed by atoms with van der Waals surface area (Å²) >= 11 is 0. The molecule has 2 aromatic rings. The molecule has 150 valence electrons. The summed E-state index contributed by atoms with van der Waals surface area (Å²) in [5, 5.41) is 15.6. The molecule has 0 saturated heterocycles. The van der Waals surface area contributed by atoms with Gasteiger partial charge in [-0.2, -0.15) is 5.10 Å². The van der Waals surface area contributed by atoms with Gasteiger partial charge >= 0.3 is 5.97 Å². The number of esters is 1. The predicted molar refractivity (Wildman–Crippen MR) is 102 cm³/mol. The Hall–Kier alpha value is -2.70.